The van der Waals surface area contributed by atoms with Crippen LogP contribution in [0.25, 0.3) is 11.5 Å². The van der Waals surface area contributed by atoms with E-state index in [0.29, 0.717) is 18.7 Å². The predicted molar refractivity (Wildman–Crippen MR) is 120 cm³/mol. The summed E-state index contributed by atoms with van der Waals surface area (Å²) in [4.78, 5) is 16.7. The molecule has 1 aliphatic rings. The van der Waals surface area contributed by atoms with Gasteiger partial charge >= 0.3 is 6.61 Å². The highest BCUT2D eigenvalue weighted by atomic mass is 35.5. The van der Waals surface area contributed by atoms with Crippen LogP contribution in [0.3, 0.4) is 0 Å². The molecule has 11 heteroatoms. The van der Waals surface area contributed by atoms with Crippen molar-refractivity contribution in [3.63, 3.8) is 0 Å². The van der Waals surface area contributed by atoms with Gasteiger partial charge in [-0.25, -0.2) is 0 Å². The minimum Gasteiger partial charge on any atom is -0.435 e. The number of ether oxygens (including phenoxy) is 1. The van der Waals surface area contributed by atoms with Gasteiger partial charge in [-0.3, -0.25) is 9.69 Å². The van der Waals surface area contributed by atoms with Gasteiger partial charge in [0.15, 0.2) is 0 Å². The molecule has 2 aromatic carbocycles. The maximum absolute atomic E-state index is 12.6. The van der Waals surface area contributed by atoms with Gasteiger partial charge in [-0.15, -0.1) is 10.2 Å². The summed E-state index contributed by atoms with van der Waals surface area (Å²) in [5, 5.41) is 8.90. The predicted octanol–water partition coefficient (Wildman–Crippen LogP) is 4.43. The van der Waals surface area contributed by atoms with Crippen LogP contribution in [0.4, 0.5) is 8.78 Å². The number of alkyl halides is 2. The topological polar surface area (TPSA) is 71.7 Å². The van der Waals surface area contributed by atoms with Crippen molar-refractivity contribution in [2.24, 2.45) is 0 Å². The quantitative estimate of drug-likeness (QED) is 0.429. The fraction of sp³-hybridized carbons (Fsp3) is 0.318. The molecule has 0 radical (unpaired) electrons. The summed E-state index contributed by atoms with van der Waals surface area (Å²) in [5.41, 5.74) is 1.72. The second-order valence-electron chi connectivity index (χ2n) is 7.35. The van der Waals surface area contributed by atoms with E-state index in [1.807, 2.05) is 29.2 Å². The molecule has 0 atom stereocenters. The van der Waals surface area contributed by atoms with Gasteiger partial charge in [0, 0.05) is 43.3 Å². The Hall–Kier alpha value is -2.69. The molecule has 2 heterocycles. The van der Waals surface area contributed by atoms with Crippen molar-refractivity contribution in [3.8, 4) is 17.2 Å². The molecule has 1 aromatic heterocycles. The van der Waals surface area contributed by atoms with Gasteiger partial charge in [-0.2, -0.15) is 8.78 Å². The van der Waals surface area contributed by atoms with Crippen molar-refractivity contribution in [1.82, 2.24) is 20.0 Å². The first kappa shape index (κ1) is 23.5. The van der Waals surface area contributed by atoms with Crippen LogP contribution in [-0.4, -0.2) is 64.4 Å². The number of amides is 1. The Balaban J connectivity index is 1.23. The highest BCUT2D eigenvalue weighted by Gasteiger charge is 2.22. The third kappa shape index (κ3) is 6.66. The van der Waals surface area contributed by atoms with Crippen LogP contribution in [-0.2, 0) is 11.3 Å². The fourth-order valence-corrected chi connectivity index (χ4v) is 4.31. The van der Waals surface area contributed by atoms with Gasteiger partial charge < -0.3 is 14.1 Å². The summed E-state index contributed by atoms with van der Waals surface area (Å²) < 4.78 is 34.4. The molecule has 33 heavy (non-hydrogen) atoms. The normalized spacial score (nSPS) is 14.6. The molecule has 1 saturated heterocycles. The SMILES string of the molecule is O=C(CSc1nnc(-c2ccc(OC(F)F)cc2)o1)N1CCN(Cc2cccc(Cl)c2)CC1. The zero-order chi connectivity index (χ0) is 23.2. The van der Waals surface area contributed by atoms with E-state index in [2.05, 4.69) is 19.8 Å². The Labute approximate surface area is 198 Å². The Morgan fingerprint density at radius 2 is 1.88 bits per heavy atom. The van der Waals surface area contributed by atoms with E-state index in [0.717, 1.165) is 30.2 Å². The average Bonchev–Trinajstić information content (AvgIpc) is 3.27. The molecule has 7 nitrogen and oxygen atoms in total. The van der Waals surface area contributed by atoms with Gasteiger partial charge in [0.2, 0.25) is 11.8 Å². The van der Waals surface area contributed by atoms with Gasteiger partial charge in [0.1, 0.15) is 5.75 Å². The van der Waals surface area contributed by atoms with Gasteiger partial charge in [0.25, 0.3) is 5.22 Å². The number of piperazine rings is 1. The zero-order valence-corrected chi connectivity index (χ0v) is 19.1. The number of aromatic nitrogens is 2. The molecule has 174 valence electrons. The van der Waals surface area contributed by atoms with Crippen LogP contribution in [0.1, 0.15) is 5.56 Å². The third-order valence-corrected chi connectivity index (χ3v) is 6.11. The molecule has 1 fully saturated rings. The van der Waals surface area contributed by atoms with Gasteiger partial charge in [-0.1, -0.05) is 35.5 Å². The maximum Gasteiger partial charge on any atom is 0.387 e. The van der Waals surface area contributed by atoms with Crippen LogP contribution in [0, 0.1) is 0 Å². The second-order valence-corrected chi connectivity index (χ2v) is 8.71. The van der Waals surface area contributed by atoms with Crippen molar-refractivity contribution in [2.45, 2.75) is 18.4 Å². The van der Waals surface area contributed by atoms with Crippen molar-refractivity contribution < 1.29 is 22.7 Å². The summed E-state index contributed by atoms with van der Waals surface area (Å²) in [7, 11) is 0. The van der Waals surface area contributed by atoms with Crippen LogP contribution < -0.4 is 4.74 Å². The van der Waals surface area contributed by atoms with E-state index in [-0.39, 0.29) is 28.5 Å². The summed E-state index contributed by atoms with van der Waals surface area (Å²) in [6.07, 6.45) is 0. The lowest BCUT2D eigenvalue weighted by Gasteiger charge is -2.34. The van der Waals surface area contributed by atoms with E-state index in [1.54, 1.807) is 12.1 Å². The van der Waals surface area contributed by atoms with Crippen molar-refractivity contribution in [2.75, 3.05) is 31.9 Å². The molecule has 0 bridgehead atoms. The third-order valence-electron chi connectivity index (χ3n) is 5.07. The summed E-state index contributed by atoms with van der Waals surface area (Å²) >= 11 is 7.22. The van der Waals surface area contributed by atoms with Crippen molar-refractivity contribution in [3.05, 3.63) is 59.1 Å². The number of carbonyl (C=O) groups excluding carboxylic acids is 1. The molecule has 4 rings (SSSR count). The monoisotopic (exact) mass is 494 g/mol. The number of benzene rings is 2. The molecular formula is C22H21ClF2N4O3S. The van der Waals surface area contributed by atoms with Crippen molar-refractivity contribution in [1.29, 1.82) is 0 Å². The largest absolute Gasteiger partial charge is 0.435 e. The maximum atomic E-state index is 12.6. The Morgan fingerprint density at radius 1 is 1.12 bits per heavy atom. The molecule has 0 N–H and O–H groups in total. The molecular weight excluding hydrogens is 474 g/mol. The summed E-state index contributed by atoms with van der Waals surface area (Å²) in [5.74, 6) is 0.483. The van der Waals surface area contributed by atoms with Crippen LogP contribution >= 0.6 is 23.4 Å². The van der Waals surface area contributed by atoms with E-state index >= 15 is 0 Å². The first-order valence-corrected chi connectivity index (χ1v) is 11.6. The number of carbonyl (C=O) groups is 1. The molecule has 3 aromatic rings. The number of rotatable bonds is 8. The van der Waals surface area contributed by atoms with E-state index in [9.17, 15) is 13.6 Å². The average molecular weight is 495 g/mol. The first-order chi connectivity index (χ1) is 16.0. The highest BCUT2D eigenvalue weighted by molar-refractivity contribution is 7.99. The van der Waals surface area contributed by atoms with E-state index in [4.69, 9.17) is 16.0 Å². The molecule has 0 spiro atoms. The van der Waals surface area contributed by atoms with E-state index < -0.39 is 6.61 Å². The smallest absolute Gasteiger partial charge is 0.387 e. The fourth-order valence-electron chi connectivity index (χ4n) is 3.43. The Morgan fingerprint density at radius 3 is 2.58 bits per heavy atom. The minimum absolute atomic E-state index is 0.00987. The Kier molecular flexibility index (Phi) is 7.79. The minimum atomic E-state index is -2.88. The molecule has 1 aliphatic heterocycles. The number of hydrogen-bond acceptors (Lipinski definition) is 7. The second kappa shape index (κ2) is 11.0. The van der Waals surface area contributed by atoms with Gasteiger partial charge in [-0.05, 0) is 42.0 Å². The van der Waals surface area contributed by atoms with Gasteiger partial charge in [0.05, 0.1) is 5.75 Å². The summed E-state index contributed by atoms with van der Waals surface area (Å²) in [6.45, 7) is 0.810. The lowest BCUT2D eigenvalue weighted by molar-refractivity contribution is -0.130. The lowest BCUT2D eigenvalue weighted by atomic mass is 10.2. The standard InChI is InChI=1S/C22H21ClF2N4O3S/c23-17-3-1-2-15(12-17)13-28-8-10-29(11-9-28)19(30)14-33-22-27-26-20(32-22)16-4-6-18(7-5-16)31-21(24)25/h1-7,12,21H,8-11,13-14H2. The lowest BCUT2D eigenvalue weighted by Crippen LogP contribution is -2.48. The van der Waals surface area contributed by atoms with E-state index in [1.165, 1.54) is 23.9 Å². The molecule has 0 saturated carbocycles. The van der Waals surface area contributed by atoms with Crippen LogP contribution in [0.15, 0.2) is 58.2 Å². The molecule has 1 amide bonds. The van der Waals surface area contributed by atoms with Crippen molar-refractivity contribution >= 4 is 29.3 Å². The van der Waals surface area contributed by atoms with Crippen LogP contribution in [0.2, 0.25) is 5.02 Å². The summed E-state index contributed by atoms with van der Waals surface area (Å²) in [6, 6.07) is 13.7. The van der Waals surface area contributed by atoms with Crippen LogP contribution in [0.5, 0.6) is 5.75 Å². The first-order valence-electron chi connectivity index (χ1n) is 10.2. The number of thioether (sulfide) groups is 1. The molecule has 0 aliphatic carbocycles. The zero-order valence-electron chi connectivity index (χ0n) is 17.5. The highest BCUT2D eigenvalue weighted by Crippen LogP contribution is 2.26. The number of halogens is 3. The number of hydrogen-bond donors (Lipinski definition) is 0. The number of nitrogens with zero attached hydrogens (tertiary/aromatic N) is 4. The molecule has 0 unspecified atom stereocenters. The Bertz CT molecular complexity index is 1080.